The van der Waals surface area contributed by atoms with Gasteiger partial charge in [0.2, 0.25) is 0 Å². The first-order valence-electron chi connectivity index (χ1n) is 10.1. The average Bonchev–Trinajstić information content (AvgIpc) is 2.78. The topological polar surface area (TPSA) is 94.2 Å². The molecule has 1 heterocycles. The van der Waals surface area contributed by atoms with Gasteiger partial charge in [-0.1, -0.05) is 11.6 Å². The van der Waals surface area contributed by atoms with Crippen molar-refractivity contribution < 1.29 is 27.4 Å². The fraction of sp³-hybridized carbons (Fsp3) is 0.409. The number of carbonyl (C=O) groups is 1. The molecule has 1 N–H and O–H groups in total. The van der Waals surface area contributed by atoms with E-state index in [-0.39, 0.29) is 44.6 Å². The number of piperidine rings is 1. The third kappa shape index (κ3) is 4.88. The number of halogens is 1. The molecule has 0 spiro atoms. The molecule has 1 atom stereocenters. The van der Waals surface area contributed by atoms with Gasteiger partial charge in [-0.3, -0.25) is 9.52 Å². The Morgan fingerprint density at radius 1 is 1.03 bits per heavy atom. The molecular formula is C22H27ClN2O6S. The lowest BCUT2D eigenvalue weighted by molar-refractivity contribution is 0.0635. The Kier molecular flexibility index (Phi) is 7.40. The van der Waals surface area contributed by atoms with Crippen LogP contribution in [0.3, 0.4) is 0 Å². The third-order valence-corrected chi connectivity index (χ3v) is 7.16. The molecule has 2 aromatic rings. The maximum absolute atomic E-state index is 13.3. The lowest BCUT2D eigenvalue weighted by Gasteiger charge is -2.33. The van der Waals surface area contributed by atoms with Crippen LogP contribution in [-0.4, -0.2) is 53.1 Å². The van der Waals surface area contributed by atoms with E-state index in [1.165, 1.54) is 45.6 Å². The molecule has 10 heteroatoms. The van der Waals surface area contributed by atoms with E-state index in [9.17, 15) is 13.2 Å². The van der Waals surface area contributed by atoms with Crippen molar-refractivity contribution in [1.82, 2.24) is 4.90 Å². The van der Waals surface area contributed by atoms with Crippen LogP contribution in [0.5, 0.6) is 17.2 Å². The second-order valence-corrected chi connectivity index (χ2v) is 9.56. The zero-order chi connectivity index (χ0) is 23.5. The fourth-order valence-electron chi connectivity index (χ4n) is 3.72. The molecule has 1 saturated heterocycles. The van der Waals surface area contributed by atoms with Crippen molar-refractivity contribution in [2.45, 2.75) is 37.1 Å². The van der Waals surface area contributed by atoms with Gasteiger partial charge in [0.15, 0.2) is 0 Å². The van der Waals surface area contributed by atoms with E-state index >= 15 is 0 Å². The zero-order valence-corrected chi connectivity index (χ0v) is 20.0. The van der Waals surface area contributed by atoms with Crippen LogP contribution in [0.25, 0.3) is 0 Å². The summed E-state index contributed by atoms with van der Waals surface area (Å²) in [6.45, 7) is 2.65. The molecule has 1 aliphatic heterocycles. The highest BCUT2D eigenvalue weighted by atomic mass is 35.5. The molecule has 0 bridgehead atoms. The van der Waals surface area contributed by atoms with E-state index < -0.39 is 10.0 Å². The number of likely N-dealkylation sites (tertiary alicyclic amines) is 1. The monoisotopic (exact) mass is 482 g/mol. The van der Waals surface area contributed by atoms with Crippen LogP contribution >= 0.6 is 11.6 Å². The van der Waals surface area contributed by atoms with E-state index in [1.807, 2.05) is 6.92 Å². The van der Waals surface area contributed by atoms with Crippen molar-refractivity contribution in [2.24, 2.45) is 0 Å². The summed E-state index contributed by atoms with van der Waals surface area (Å²) < 4.78 is 44.7. The molecule has 0 radical (unpaired) electrons. The molecular weight excluding hydrogens is 456 g/mol. The molecule has 8 nitrogen and oxygen atoms in total. The van der Waals surface area contributed by atoms with Crippen molar-refractivity contribution in [3.8, 4) is 17.2 Å². The van der Waals surface area contributed by atoms with E-state index in [1.54, 1.807) is 11.0 Å². The van der Waals surface area contributed by atoms with Gasteiger partial charge in [0, 0.05) is 24.2 Å². The molecule has 1 fully saturated rings. The quantitative estimate of drug-likeness (QED) is 0.636. The molecule has 0 saturated carbocycles. The van der Waals surface area contributed by atoms with E-state index in [0.717, 1.165) is 19.3 Å². The Hall–Kier alpha value is -2.65. The van der Waals surface area contributed by atoms with Gasteiger partial charge in [-0.05, 0) is 50.5 Å². The standard InChI is InChI=1S/C22H27ClN2O6S/c1-14-7-5-6-10-25(14)22(26)15-8-9-18(29-2)21(11-15)32(27,28)24-17-12-16(23)19(30-3)13-20(17)31-4/h8-9,11-14,24H,5-7,10H2,1-4H3/t14-/m1/s1. The molecule has 1 aliphatic rings. The number of ether oxygens (including phenoxy) is 3. The van der Waals surface area contributed by atoms with Crippen LogP contribution in [0.2, 0.25) is 5.02 Å². The molecule has 3 rings (SSSR count). The number of carbonyl (C=O) groups excluding carboxylic acids is 1. The minimum atomic E-state index is -4.15. The number of nitrogens with zero attached hydrogens (tertiary/aromatic N) is 1. The molecule has 0 aliphatic carbocycles. The molecule has 0 unspecified atom stereocenters. The molecule has 2 aromatic carbocycles. The molecule has 32 heavy (non-hydrogen) atoms. The lowest BCUT2D eigenvalue weighted by atomic mass is 10.0. The van der Waals surface area contributed by atoms with Crippen LogP contribution in [0.15, 0.2) is 35.2 Å². The van der Waals surface area contributed by atoms with Gasteiger partial charge in [-0.2, -0.15) is 0 Å². The van der Waals surface area contributed by atoms with Crippen LogP contribution in [0.1, 0.15) is 36.5 Å². The van der Waals surface area contributed by atoms with E-state index in [0.29, 0.717) is 12.3 Å². The highest BCUT2D eigenvalue weighted by Gasteiger charge is 2.28. The summed E-state index contributed by atoms with van der Waals surface area (Å²) in [6.07, 6.45) is 2.92. The Morgan fingerprint density at radius 3 is 2.34 bits per heavy atom. The summed E-state index contributed by atoms with van der Waals surface area (Å²) in [5.41, 5.74) is 0.404. The first kappa shape index (κ1) is 24.0. The Morgan fingerprint density at radius 2 is 1.72 bits per heavy atom. The number of nitrogens with one attached hydrogen (secondary N) is 1. The van der Waals surface area contributed by atoms with Gasteiger partial charge >= 0.3 is 0 Å². The normalized spacial score (nSPS) is 16.4. The van der Waals surface area contributed by atoms with Crippen molar-refractivity contribution in [3.05, 3.63) is 40.9 Å². The number of hydrogen-bond donors (Lipinski definition) is 1. The molecule has 174 valence electrons. The van der Waals surface area contributed by atoms with Gasteiger partial charge in [-0.15, -0.1) is 0 Å². The molecule has 0 aromatic heterocycles. The molecule has 1 amide bonds. The summed E-state index contributed by atoms with van der Waals surface area (Å²) in [7, 11) is 0.0664. The van der Waals surface area contributed by atoms with Gasteiger partial charge in [0.05, 0.1) is 32.0 Å². The Bertz CT molecular complexity index is 1110. The first-order chi connectivity index (χ1) is 15.2. The minimum absolute atomic E-state index is 0.0993. The third-order valence-electron chi connectivity index (χ3n) is 5.48. The Balaban J connectivity index is 1.99. The van der Waals surface area contributed by atoms with Crippen LogP contribution in [-0.2, 0) is 10.0 Å². The SMILES string of the molecule is COc1cc(OC)c(NS(=O)(=O)c2cc(C(=O)N3CCCC[C@H]3C)ccc2OC)cc1Cl. The zero-order valence-electron chi connectivity index (χ0n) is 18.5. The Labute approximate surface area is 193 Å². The van der Waals surface area contributed by atoms with Crippen molar-refractivity contribution in [3.63, 3.8) is 0 Å². The smallest absolute Gasteiger partial charge is 0.265 e. The number of sulfonamides is 1. The summed E-state index contributed by atoms with van der Waals surface area (Å²) in [4.78, 5) is 14.7. The summed E-state index contributed by atoms with van der Waals surface area (Å²) in [6, 6.07) is 7.37. The van der Waals surface area contributed by atoms with Crippen molar-refractivity contribution >= 4 is 33.2 Å². The van der Waals surface area contributed by atoms with Crippen LogP contribution in [0.4, 0.5) is 5.69 Å². The second-order valence-electron chi connectivity index (χ2n) is 7.50. The van der Waals surface area contributed by atoms with Crippen LogP contribution in [0, 0.1) is 0 Å². The highest BCUT2D eigenvalue weighted by Crippen LogP contribution is 2.38. The second kappa shape index (κ2) is 9.87. The predicted molar refractivity (Wildman–Crippen MR) is 123 cm³/mol. The number of benzene rings is 2. The fourth-order valence-corrected chi connectivity index (χ4v) is 5.22. The number of anilines is 1. The average molecular weight is 483 g/mol. The van der Waals surface area contributed by atoms with Crippen LogP contribution < -0.4 is 18.9 Å². The summed E-state index contributed by atoms with van der Waals surface area (Å²) in [5, 5.41) is 0.209. The maximum atomic E-state index is 13.3. The van der Waals surface area contributed by atoms with Crippen molar-refractivity contribution in [2.75, 3.05) is 32.6 Å². The van der Waals surface area contributed by atoms with Crippen molar-refractivity contribution in [1.29, 1.82) is 0 Å². The summed E-state index contributed by atoms with van der Waals surface area (Å²) in [5.74, 6) is 0.469. The maximum Gasteiger partial charge on any atom is 0.265 e. The van der Waals surface area contributed by atoms with Gasteiger partial charge in [0.25, 0.3) is 15.9 Å². The van der Waals surface area contributed by atoms with Gasteiger partial charge < -0.3 is 19.1 Å². The number of rotatable bonds is 7. The van der Waals surface area contributed by atoms with Gasteiger partial charge in [-0.25, -0.2) is 8.42 Å². The highest BCUT2D eigenvalue weighted by molar-refractivity contribution is 7.92. The number of hydrogen-bond acceptors (Lipinski definition) is 6. The summed E-state index contributed by atoms with van der Waals surface area (Å²) >= 11 is 6.17. The van der Waals surface area contributed by atoms with E-state index in [4.69, 9.17) is 25.8 Å². The van der Waals surface area contributed by atoms with E-state index in [2.05, 4.69) is 4.72 Å². The predicted octanol–water partition coefficient (Wildman–Crippen LogP) is 4.18. The first-order valence-corrected chi connectivity index (χ1v) is 12.0. The van der Waals surface area contributed by atoms with Gasteiger partial charge in [0.1, 0.15) is 22.1 Å². The largest absolute Gasteiger partial charge is 0.495 e. The minimum Gasteiger partial charge on any atom is -0.495 e. The lowest BCUT2D eigenvalue weighted by Crippen LogP contribution is -2.42. The number of methoxy groups -OCH3 is 3. The number of amides is 1.